The van der Waals surface area contributed by atoms with Gasteiger partial charge in [-0.2, -0.15) is 0 Å². The fourth-order valence-corrected chi connectivity index (χ4v) is 8.11. The highest BCUT2D eigenvalue weighted by Gasteiger charge is 2.54. The molecule has 216 valence electrons. The van der Waals surface area contributed by atoms with E-state index in [1.54, 1.807) is 18.3 Å². The minimum atomic E-state index is -1.02. The number of rotatable bonds is 8. The van der Waals surface area contributed by atoms with Crippen LogP contribution in [-0.2, 0) is 16.6 Å². The van der Waals surface area contributed by atoms with E-state index in [0.717, 1.165) is 48.4 Å². The van der Waals surface area contributed by atoms with Gasteiger partial charge >= 0.3 is 5.97 Å². The lowest BCUT2D eigenvalue weighted by molar-refractivity contribution is -0.144. The van der Waals surface area contributed by atoms with Crippen molar-refractivity contribution in [2.45, 2.75) is 81.8 Å². The highest BCUT2D eigenvalue weighted by atomic mass is 35.5. The Morgan fingerprint density at radius 3 is 2.68 bits per heavy atom. The molecular weight excluding hydrogens is 536 g/mol. The molecule has 3 aromatic rings. The second kappa shape index (κ2) is 11.0. The number of nitrogens with one attached hydrogen (secondary N) is 1. The topological polar surface area (TPSA) is 91.7 Å². The molecule has 0 aliphatic heterocycles. The van der Waals surface area contributed by atoms with Crippen molar-refractivity contribution in [2.75, 3.05) is 11.9 Å². The van der Waals surface area contributed by atoms with Gasteiger partial charge in [-0.25, -0.2) is 4.79 Å². The van der Waals surface area contributed by atoms with Crippen molar-refractivity contribution >= 4 is 23.3 Å². The Kier molecular flexibility index (Phi) is 7.50. The van der Waals surface area contributed by atoms with Gasteiger partial charge in [0.25, 0.3) is 0 Å². The number of fused-ring (bicyclic) bond motifs is 3. The molecule has 0 saturated heterocycles. The highest BCUT2D eigenvalue weighted by Crippen LogP contribution is 2.56. The summed E-state index contributed by atoms with van der Waals surface area (Å²) in [7, 11) is 0. The molecule has 3 aliphatic carbocycles. The Labute approximate surface area is 247 Å². The number of hydrogen-bond donors (Lipinski definition) is 3. The third-order valence-electron chi connectivity index (χ3n) is 9.99. The zero-order chi connectivity index (χ0) is 28.8. The zero-order valence-corrected chi connectivity index (χ0v) is 24.5. The van der Waals surface area contributed by atoms with Gasteiger partial charge in [-0.15, -0.1) is 0 Å². The molecule has 0 amide bonds. The van der Waals surface area contributed by atoms with Crippen molar-refractivity contribution in [1.82, 2.24) is 4.98 Å². The number of aromatic nitrogens is 1. The van der Waals surface area contributed by atoms with E-state index in [4.69, 9.17) is 16.3 Å². The smallest absolute Gasteiger partial charge is 0.329 e. The van der Waals surface area contributed by atoms with Crippen LogP contribution in [0, 0.1) is 11.8 Å². The molecule has 6 rings (SSSR count). The van der Waals surface area contributed by atoms with Crippen LogP contribution in [0.3, 0.4) is 0 Å². The molecule has 3 N–H and O–H groups in total. The van der Waals surface area contributed by atoms with E-state index in [-0.39, 0.29) is 11.3 Å². The summed E-state index contributed by atoms with van der Waals surface area (Å²) in [6, 6.07) is 18.0. The van der Waals surface area contributed by atoms with Gasteiger partial charge in [0.1, 0.15) is 11.3 Å². The molecule has 0 bridgehead atoms. The molecule has 0 radical (unpaired) electrons. The summed E-state index contributed by atoms with van der Waals surface area (Å²) in [6.07, 6.45) is 6.64. The predicted octanol–water partition coefficient (Wildman–Crippen LogP) is 7.30. The number of nitrogens with zero attached hydrogens (tertiary/aromatic N) is 1. The van der Waals surface area contributed by atoms with E-state index in [1.165, 1.54) is 11.1 Å². The number of pyridine rings is 1. The van der Waals surface area contributed by atoms with E-state index in [9.17, 15) is 15.0 Å². The van der Waals surface area contributed by atoms with Crippen molar-refractivity contribution in [3.8, 4) is 5.75 Å². The maximum atomic E-state index is 12.7. The molecule has 1 heterocycles. The van der Waals surface area contributed by atoms with Gasteiger partial charge in [0.15, 0.2) is 0 Å². The lowest BCUT2D eigenvalue weighted by Gasteiger charge is -2.47. The SMILES string of the molecule is CC1CC(O)c2nccc(OC[C@H](C)C[C@H]3Cc4ccccc4C34CCC(Nc3cccc(Cl)c3)(C(=O)O)CC4)c21. The molecule has 1 saturated carbocycles. The van der Waals surface area contributed by atoms with E-state index >= 15 is 0 Å². The van der Waals surface area contributed by atoms with E-state index in [0.29, 0.717) is 42.7 Å². The minimum Gasteiger partial charge on any atom is -0.493 e. The Bertz CT molecular complexity index is 1430. The van der Waals surface area contributed by atoms with E-state index in [2.05, 4.69) is 48.4 Å². The first-order valence-electron chi connectivity index (χ1n) is 14.9. The normalized spacial score (nSPS) is 29.1. The monoisotopic (exact) mass is 574 g/mol. The zero-order valence-electron chi connectivity index (χ0n) is 23.8. The lowest BCUT2D eigenvalue weighted by Crippen LogP contribution is -2.53. The van der Waals surface area contributed by atoms with Gasteiger partial charge in [-0.1, -0.05) is 55.8 Å². The van der Waals surface area contributed by atoms with E-state index in [1.807, 2.05) is 18.2 Å². The number of carbonyl (C=O) groups is 1. The molecule has 1 fully saturated rings. The van der Waals surface area contributed by atoms with Crippen LogP contribution < -0.4 is 10.1 Å². The Morgan fingerprint density at radius 1 is 1.15 bits per heavy atom. The van der Waals surface area contributed by atoms with Gasteiger partial charge in [-0.3, -0.25) is 4.98 Å². The fourth-order valence-electron chi connectivity index (χ4n) is 7.92. The Balaban J connectivity index is 1.19. The number of ether oxygens (including phenoxy) is 1. The summed E-state index contributed by atoms with van der Waals surface area (Å²) < 4.78 is 6.38. The summed E-state index contributed by atoms with van der Waals surface area (Å²) in [5, 5.41) is 24.7. The van der Waals surface area contributed by atoms with Crippen molar-refractivity contribution in [3.63, 3.8) is 0 Å². The van der Waals surface area contributed by atoms with Crippen molar-refractivity contribution in [2.24, 2.45) is 11.8 Å². The van der Waals surface area contributed by atoms with Crippen molar-refractivity contribution < 1.29 is 19.7 Å². The first-order chi connectivity index (χ1) is 19.7. The van der Waals surface area contributed by atoms with E-state index < -0.39 is 17.6 Å². The standard InChI is InChI=1S/C34H39ClN2O4/c1-21(20-41-29-10-15-36-31-28(38)17-22(2)30(29)31)16-24-18-23-6-3-4-9-27(23)33(24)11-13-34(14-12-33,32(39)40)37-26-8-5-7-25(35)19-26/h3-10,15,19,21-22,24,28,37-38H,11-14,16-18,20H2,1-2H3,(H,39,40)/t21-,22?,24+,28?,33?,34?/m1/s1. The highest BCUT2D eigenvalue weighted by molar-refractivity contribution is 6.30. The average molecular weight is 575 g/mol. The van der Waals surface area contributed by atoms with Crippen LogP contribution in [0.4, 0.5) is 5.69 Å². The third-order valence-corrected chi connectivity index (χ3v) is 10.2. The average Bonchev–Trinajstić information content (AvgIpc) is 3.42. The van der Waals surface area contributed by atoms with Crippen LogP contribution in [0.5, 0.6) is 5.75 Å². The van der Waals surface area contributed by atoms with Gasteiger partial charge in [0.2, 0.25) is 0 Å². The number of aliphatic hydroxyl groups excluding tert-OH is 1. The van der Waals surface area contributed by atoms with Crippen LogP contribution in [-0.4, -0.2) is 33.3 Å². The quantitative estimate of drug-likeness (QED) is 0.261. The molecule has 7 heteroatoms. The third kappa shape index (κ3) is 5.10. The molecule has 1 aromatic heterocycles. The Hall–Kier alpha value is -3.09. The second-order valence-corrected chi connectivity index (χ2v) is 13.1. The van der Waals surface area contributed by atoms with Gasteiger partial charge in [0, 0.05) is 22.5 Å². The maximum absolute atomic E-state index is 12.7. The van der Waals surface area contributed by atoms with Crippen LogP contribution >= 0.6 is 11.6 Å². The number of hydrogen-bond acceptors (Lipinski definition) is 5. The minimum absolute atomic E-state index is 0.0453. The predicted molar refractivity (Wildman–Crippen MR) is 161 cm³/mol. The second-order valence-electron chi connectivity index (χ2n) is 12.6. The largest absolute Gasteiger partial charge is 0.493 e. The summed E-state index contributed by atoms with van der Waals surface area (Å²) >= 11 is 6.20. The molecular formula is C34H39ClN2O4. The number of anilines is 1. The summed E-state index contributed by atoms with van der Waals surface area (Å²) in [5.74, 6) is 0.990. The number of halogens is 1. The number of carboxylic acids is 1. The van der Waals surface area contributed by atoms with Crippen LogP contribution in [0.2, 0.25) is 5.02 Å². The van der Waals surface area contributed by atoms with Gasteiger partial charge < -0.3 is 20.3 Å². The fraction of sp³-hybridized carbons (Fsp3) is 0.471. The molecule has 2 unspecified atom stereocenters. The summed E-state index contributed by atoms with van der Waals surface area (Å²) in [4.78, 5) is 17.1. The molecule has 2 aromatic carbocycles. The van der Waals surface area contributed by atoms with Gasteiger partial charge in [0.05, 0.1) is 18.4 Å². The lowest BCUT2D eigenvalue weighted by atomic mass is 9.59. The Morgan fingerprint density at radius 2 is 1.93 bits per heavy atom. The molecule has 41 heavy (non-hydrogen) atoms. The first-order valence-corrected chi connectivity index (χ1v) is 15.2. The number of carboxylic acid groups (broad SMARTS) is 1. The number of benzene rings is 2. The maximum Gasteiger partial charge on any atom is 0.329 e. The van der Waals surface area contributed by atoms with Crippen LogP contribution in [0.1, 0.15) is 86.8 Å². The number of aliphatic carboxylic acids is 1. The van der Waals surface area contributed by atoms with Gasteiger partial charge in [-0.05, 0) is 104 Å². The number of aliphatic hydroxyl groups is 1. The molecule has 6 nitrogen and oxygen atoms in total. The molecule has 4 atom stereocenters. The van der Waals surface area contributed by atoms with Crippen LogP contribution in [0.25, 0.3) is 0 Å². The summed E-state index contributed by atoms with van der Waals surface area (Å²) in [5.41, 5.74) is 4.27. The molecule has 1 spiro atoms. The molecule has 3 aliphatic rings. The van der Waals surface area contributed by atoms with Crippen molar-refractivity contribution in [1.29, 1.82) is 0 Å². The summed E-state index contributed by atoms with van der Waals surface area (Å²) in [6.45, 7) is 4.97. The van der Waals surface area contributed by atoms with Crippen LogP contribution in [0.15, 0.2) is 60.8 Å². The van der Waals surface area contributed by atoms with Crippen molar-refractivity contribution in [3.05, 3.63) is 88.2 Å². The first kappa shape index (κ1) is 28.0.